The zero-order chi connectivity index (χ0) is 19.2. The standard InChI is InChI=1S/C19H16BrN3O4/c1-27-14-6-7-15-11(8-14)9-23(16(15)24)10-19(17(25)21-18(26)22-19)12-2-4-13(20)5-3-12/h2-9,24H,10H2,1H3,(H2,21,22,25,26). The summed E-state index contributed by atoms with van der Waals surface area (Å²) in [5.74, 6) is 0.205. The van der Waals surface area contributed by atoms with Crippen molar-refractivity contribution in [3.63, 3.8) is 0 Å². The number of halogens is 1. The van der Waals surface area contributed by atoms with Crippen molar-refractivity contribution in [2.45, 2.75) is 12.1 Å². The molecule has 1 fully saturated rings. The van der Waals surface area contributed by atoms with Crippen molar-refractivity contribution in [1.82, 2.24) is 15.2 Å². The number of hydrogen-bond acceptors (Lipinski definition) is 4. The van der Waals surface area contributed by atoms with Gasteiger partial charge in [0.05, 0.1) is 13.7 Å². The number of benzene rings is 2. The van der Waals surface area contributed by atoms with Crippen LogP contribution in [0.5, 0.6) is 11.6 Å². The van der Waals surface area contributed by atoms with E-state index in [2.05, 4.69) is 26.6 Å². The molecule has 138 valence electrons. The van der Waals surface area contributed by atoms with Gasteiger partial charge >= 0.3 is 6.03 Å². The topological polar surface area (TPSA) is 92.6 Å². The fourth-order valence-corrected chi connectivity index (χ4v) is 3.63. The van der Waals surface area contributed by atoms with Crippen LogP contribution in [0.1, 0.15) is 5.56 Å². The Hall–Kier alpha value is -3.00. The summed E-state index contributed by atoms with van der Waals surface area (Å²) in [5, 5.41) is 17.1. The lowest BCUT2D eigenvalue weighted by Crippen LogP contribution is -2.47. The lowest BCUT2D eigenvalue weighted by atomic mass is 9.90. The minimum atomic E-state index is -1.33. The van der Waals surface area contributed by atoms with Crippen molar-refractivity contribution in [3.8, 4) is 11.6 Å². The highest BCUT2D eigenvalue weighted by atomic mass is 79.9. The van der Waals surface area contributed by atoms with Crippen LogP contribution in [0.3, 0.4) is 0 Å². The van der Waals surface area contributed by atoms with Crippen molar-refractivity contribution in [2.24, 2.45) is 0 Å². The molecule has 2 heterocycles. The van der Waals surface area contributed by atoms with E-state index in [-0.39, 0.29) is 12.4 Å². The Labute approximate surface area is 163 Å². The summed E-state index contributed by atoms with van der Waals surface area (Å²) in [4.78, 5) is 24.6. The average molecular weight is 430 g/mol. The van der Waals surface area contributed by atoms with Gasteiger partial charge in [0, 0.05) is 21.4 Å². The fourth-order valence-electron chi connectivity index (χ4n) is 3.37. The van der Waals surface area contributed by atoms with Crippen LogP contribution < -0.4 is 15.4 Å². The van der Waals surface area contributed by atoms with Crippen LogP contribution in [-0.2, 0) is 16.9 Å². The van der Waals surface area contributed by atoms with Gasteiger partial charge in [0.1, 0.15) is 5.75 Å². The molecule has 4 rings (SSSR count). The molecule has 27 heavy (non-hydrogen) atoms. The molecule has 0 radical (unpaired) electrons. The van der Waals surface area contributed by atoms with Crippen LogP contribution in [-0.4, -0.2) is 28.7 Å². The Morgan fingerprint density at radius 1 is 1.19 bits per heavy atom. The molecule has 0 aliphatic carbocycles. The number of aromatic nitrogens is 1. The predicted octanol–water partition coefficient (Wildman–Crippen LogP) is 2.85. The molecule has 8 heteroatoms. The van der Waals surface area contributed by atoms with Crippen LogP contribution >= 0.6 is 15.9 Å². The van der Waals surface area contributed by atoms with Gasteiger partial charge in [0.15, 0.2) is 11.4 Å². The number of imide groups is 1. The molecule has 0 spiro atoms. The molecule has 1 atom stereocenters. The van der Waals surface area contributed by atoms with E-state index < -0.39 is 17.5 Å². The van der Waals surface area contributed by atoms with Crippen LogP contribution in [0.15, 0.2) is 53.1 Å². The number of ether oxygens (including phenoxy) is 1. The maximum atomic E-state index is 12.7. The Morgan fingerprint density at radius 2 is 1.93 bits per heavy atom. The number of rotatable bonds is 4. The molecule has 0 saturated carbocycles. The molecule has 7 nitrogen and oxygen atoms in total. The third-order valence-corrected chi connectivity index (χ3v) is 5.28. The fraction of sp³-hybridized carbons (Fsp3) is 0.158. The molecule has 1 saturated heterocycles. The highest BCUT2D eigenvalue weighted by Crippen LogP contribution is 2.34. The molecule has 1 unspecified atom stereocenters. The molecule has 1 aliphatic rings. The summed E-state index contributed by atoms with van der Waals surface area (Å²) in [7, 11) is 1.57. The summed E-state index contributed by atoms with van der Waals surface area (Å²) in [5.41, 5.74) is -0.710. The largest absolute Gasteiger partial charge is 0.497 e. The second kappa shape index (κ2) is 6.31. The zero-order valence-corrected chi connectivity index (χ0v) is 15.9. The van der Waals surface area contributed by atoms with Crippen LogP contribution in [0.2, 0.25) is 0 Å². The van der Waals surface area contributed by atoms with E-state index in [0.717, 1.165) is 9.86 Å². The molecular weight excluding hydrogens is 414 g/mol. The number of methoxy groups -OCH3 is 1. The maximum absolute atomic E-state index is 12.7. The van der Waals surface area contributed by atoms with E-state index in [0.29, 0.717) is 16.7 Å². The van der Waals surface area contributed by atoms with Crippen LogP contribution in [0.25, 0.3) is 10.8 Å². The quantitative estimate of drug-likeness (QED) is 0.555. The number of carbonyl (C=O) groups excluding carboxylic acids is 2. The number of nitrogens with one attached hydrogen (secondary N) is 2. The molecule has 3 aromatic rings. The number of urea groups is 1. The number of nitrogens with zero attached hydrogens (tertiary/aromatic N) is 1. The lowest BCUT2D eigenvalue weighted by Gasteiger charge is -2.27. The third kappa shape index (κ3) is 2.82. The minimum absolute atomic E-state index is 0.0121. The van der Waals surface area contributed by atoms with E-state index in [1.807, 2.05) is 0 Å². The molecule has 1 aromatic heterocycles. The van der Waals surface area contributed by atoms with E-state index in [1.165, 1.54) is 0 Å². The minimum Gasteiger partial charge on any atom is -0.497 e. The van der Waals surface area contributed by atoms with Gasteiger partial charge in [-0.25, -0.2) is 4.79 Å². The monoisotopic (exact) mass is 429 g/mol. The third-order valence-electron chi connectivity index (χ3n) is 4.75. The first kappa shape index (κ1) is 17.4. The van der Waals surface area contributed by atoms with Crippen molar-refractivity contribution < 1.29 is 19.4 Å². The van der Waals surface area contributed by atoms with Gasteiger partial charge in [-0.2, -0.15) is 0 Å². The molecule has 3 N–H and O–H groups in total. The van der Waals surface area contributed by atoms with E-state index in [9.17, 15) is 14.7 Å². The van der Waals surface area contributed by atoms with Crippen LogP contribution in [0.4, 0.5) is 4.79 Å². The average Bonchev–Trinajstić information content (AvgIpc) is 3.11. The predicted molar refractivity (Wildman–Crippen MR) is 103 cm³/mol. The first-order chi connectivity index (χ1) is 12.9. The Bertz CT molecular complexity index is 1060. The van der Waals surface area contributed by atoms with Crippen molar-refractivity contribution in [3.05, 3.63) is 58.7 Å². The van der Waals surface area contributed by atoms with E-state index in [1.54, 1.807) is 60.3 Å². The first-order valence-corrected chi connectivity index (χ1v) is 8.98. The summed E-state index contributed by atoms with van der Waals surface area (Å²) in [6.45, 7) is 0.0367. The Balaban J connectivity index is 1.82. The zero-order valence-electron chi connectivity index (χ0n) is 14.3. The van der Waals surface area contributed by atoms with Gasteiger partial charge in [0.25, 0.3) is 5.91 Å². The lowest BCUT2D eigenvalue weighted by molar-refractivity contribution is -0.124. The molecular formula is C19H16BrN3O4. The van der Waals surface area contributed by atoms with Crippen molar-refractivity contribution in [2.75, 3.05) is 7.11 Å². The number of amides is 3. The SMILES string of the molecule is COc1ccc2c(O)n(CC3(c4ccc(Br)cc4)NC(=O)NC3=O)cc2c1. The van der Waals surface area contributed by atoms with Gasteiger partial charge in [-0.1, -0.05) is 28.1 Å². The molecule has 0 bridgehead atoms. The summed E-state index contributed by atoms with van der Waals surface area (Å²) in [6.07, 6.45) is 1.73. The normalized spacial score (nSPS) is 19.2. The number of fused-ring (bicyclic) bond motifs is 1. The maximum Gasteiger partial charge on any atom is 0.322 e. The Morgan fingerprint density at radius 3 is 2.56 bits per heavy atom. The van der Waals surface area contributed by atoms with Crippen molar-refractivity contribution >= 4 is 38.6 Å². The number of aromatic hydroxyl groups is 1. The van der Waals surface area contributed by atoms with Gasteiger partial charge in [0.2, 0.25) is 0 Å². The molecule has 2 aromatic carbocycles. The summed E-state index contributed by atoms with van der Waals surface area (Å²) < 4.78 is 7.63. The van der Waals surface area contributed by atoms with Crippen LogP contribution in [0, 0.1) is 0 Å². The Kier molecular flexibility index (Phi) is 4.07. The molecule has 3 amide bonds. The summed E-state index contributed by atoms with van der Waals surface area (Å²) in [6, 6.07) is 11.8. The highest BCUT2D eigenvalue weighted by Gasteiger charge is 2.48. The second-order valence-electron chi connectivity index (χ2n) is 6.35. The smallest absolute Gasteiger partial charge is 0.322 e. The van der Waals surface area contributed by atoms with Gasteiger partial charge in [-0.15, -0.1) is 0 Å². The summed E-state index contributed by atoms with van der Waals surface area (Å²) >= 11 is 3.37. The van der Waals surface area contributed by atoms with Gasteiger partial charge < -0.3 is 19.7 Å². The molecule has 1 aliphatic heterocycles. The number of carbonyl (C=O) groups is 2. The number of hydrogen-bond donors (Lipinski definition) is 3. The van der Waals surface area contributed by atoms with Gasteiger partial charge in [-0.05, 0) is 35.9 Å². The van der Waals surface area contributed by atoms with E-state index >= 15 is 0 Å². The van der Waals surface area contributed by atoms with E-state index in [4.69, 9.17) is 4.74 Å². The first-order valence-electron chi connectivity index (χ1n) is 8.18. The van der Waals surface area contributed by atoms with Crippen molar-refractivity contribution in [1.29, 1.82) is 0 Å². The second-order valence-corrected chi connectivity index (χ2v) is 7.27. The van der Waals surface area contributed by atoms with Gasteiger partial charge in [-0.3, -0.25) is 10.1 Å². The highest BCUT2D eigenvalue weighted by molar-refractivity contribution is 9.10.